The second kappa shape index (κ2) is 7.97. The number of nitrogens with zero attached hydrogens (tertiary/aromatic N) is 3. The van der Waals surface area contributed by atoms with Gasteiger partial charge >= 0.3 is 0 Å². The number of rotatable bonds is 7. The number of aromatic nitrogens is 2. The number of halogens is 1. The number of benzene rings is 2. The number of hydrogen-bond acceptors (Lipinski definition) is 2. The van der Waals surface area contributed by atoms with Crippen molar-refractivity contribution in [2.75, 3.05) is 0 Å². The van der Waals surface area contributed by atoms with Gasteiger partial charge < -0.3 is 4.90 Å². The van der Waals surface area contributed by atoms with Crippen LogP contribution in [0.25, 0.3) is 5.69 Å². The zero-order valence-corrected chi connectivity index (χ0v) is 16.0. The van der Waals surface area contributed by atoms with E-state index in [9.17, 15) is 9.18 Å². The SMILES string of the molecule is CC(c1ccccc1F)N(C(=O)CCc1cnn(-c2ccccc2)c1)C1CC1. The minimum atomic E-state index is -0.256. The van der Waals surface area contributed by atoms with Gasteiger partial charge in [-0.2, -0.15) is 5.10 Å². The summed E-state index contributed by atoms with van der Waals surface area (Å²) < 4.78 is 16.0. The molecule has 5 heteroatoms. The van der Waals surface area contributed by atoms with Crippen molar-refractivity contribution >= 4 is 5.91 Å². The maximum absolute atomic E-state index is 14.2. The lowest BCUT2D eigenvalue weighted by molar-refractivity contribution is -0.134. The molecule has 4 rings (SSSR count). The Morgan fingerprint density at radius 3 is 2.61 bits per heavy atom. The lowest BCUT2D eigenvalue weighted by atomic mass is 10.0. The number of carbonyl (C=O) groups excluding carboxylic acids is 1. The van der Waals surface area contributed by atoms with Gasteiger partial charge in [0.2, 0.25) is 5.91 Å². The second-order valence-corrected chi connectivity index (χ2v) is 7.36. The van der Waals surface area contributed by atoms with E-state index in [1.165, 1.54) is 6.07 Å². The molecule has 0 spiro atoms. The Balaban J connectivity index is 1.43. The van der Waals surface area contributed by atoms with Crippen LogP contribution in [-0.2, 0) is 11.2 Å². The molecule has 0 radical (unpaired) electrons. The van der Waals surface area contributed by atoms with Crippen molar-refractivity contribution in [2.45, 2.75) is 44.7 Å². The third kappa shape index (κ3) is 3.98. The van der Waals surface area contributed by atoms with Crippen molar-refractivity contribution in [3.63, 3.8) is 0 Å². The van der Waals surface area contributed by atoms with E-state index in [1.54, 1.807) is 12.1 Å². The number of para-hydroxylation sites is 1. The summed E-state index contributed by atoms with van der Waals surface area (Å²) in [6.07, 6.45) is 6.79. The van der Waals surface area contributed by atoms with Gasteiger partial charge in [0.1, 0.15) is 5.82 Å². The van der Waals surface area contributed by atoms with Crippen molar-refractivity contribution in [3.8, 4) is 5.69 Å². The van der Waals surface area contributed by atoms with E-state index in [0.29, 0.717) is 18.4 Å². The summed E-state index contributed by atoms with van der Waals surface area (Å²) in [5.41, 5.74) is 2.60. The Morgan fingerprint density at radius 2 is 1.89 bits per heavy atom. The standard InChI is InChI=1S/C23H24FN3O/c1-17(21-9-5-6-10-22(21)24)27(20-12-13-20)23(28)14-11-18-15-25-26(16-18)19-7-3-2-4-8-19/h2-10,15-17,20H,11-14H2,1H3. The monoisotopic (exact) mass is 377 g/mol. The molecule has 2 aromatic carbocycles. The largest absolute Gasteiger partial charge is 0.333 e. The van der Waals surface area contributed by atoms with E-state index in [1.807, 2.05) is 65.3 Å². The van der Waals surface area contributed by atoms with Gasteiger partial charge in [-0.3, -0.25) is 4.79 Å². The average Bonchev–Trinajstić information content (AvgIpc) is 3.43. The molecule has 1 aliphatic rings. The lowest BCUT2D eigenvalue weighted by Gasteiger charge is -2.30. The van der Waals surface area contributed by atoms with Crippen LogP contribution < -0.4 is 0 Å². The molecule has 1 saturated carbocycles. The minimum absolute atomic E-state index is 0.0747. The first kappa shape index (κ1) is 18.4. The highest BCUT2D eigenvalue weighted by Gasteiger charge is 2.36. The fourth-order valence-corrected chi connectivity index (χ4v) is 3.64. The molecule has 1 heterocycles. The number of aryl methyl sites for hydroxylation is 1. The molecule has 144 valence electrons. The average molecular weight is 377 g/mol. The molecular weight excluding hydrogens is 353 g/mol. The Hall–Kier alpha value is -2.95. The third-order valence-corrected chi connectivity index (χ3v) is 5.29. The smallest absolute Gasteiger partial charge is 0.223 e. The fourth-order valence-electron chi connectivity index (χ4n) is 3.64. The van der Waals surface area contributed by atoms with Gasteiger partial charge in [0.05, 0.1) is 17.9 Å². The van der Waals surface area contributed by atoms with Crippen molar-refractivity contribution in [1.82, 2.24) is 14.7 Å². The predicted molar refractivity (Wildman–Crippen MR) is 107 cm³/mol. The van der Waals surface area contributed by atoms with Gasteiger partial charge in [0, 0.05) is 24.2 Å². The molecule has 0 bridgehead atoms. The molecule has 0 N–H and O–H groups in total. The molecule has 1 aliphatic carbocycles. The molecular formula is C23H24FN3O. The first-order chi connectivity index (χ1) is 13.6. The summed E-state index contributed by atoms with van der Waals surface area (Å²) in [5, 5.41) is 4.39. The molecule has 28 heavy (non-hydrogen) atoms. The highest BCUT2D eigenvalue weighted by atomic mass is 19.1. The normalized spacial score (nSPS) is 14.6. The van der Waals surface area contributed by atoms with Crippen LogP contribution in [0, 0.1) is 5.82 Å². The minimum Gasteiger partial charge on any atom is -0.333 e. The Kier molecular flexibility index (Phi) is 5.24. The zero-order valence-electron chi connectivity index (χ0n) is 16.0. The van der Waals surface area contributed by atoms with Crippen molar-refractivity contribution in [3.05, 3.63) is 83.9 Å². The second-order valence-electron chi connectivity index (χ2n) is 7.36. The maximum atomic E-state index is 14.2. The van der Waals surface area contributed by atoms with E-state index in [-0.39, 0.29) is 23.8 Å². The van der Waals surface area contributed by atoms with E-state index in [4.69, 9.17) is 0 Å². The molecule has 1 atom stereocenters. The third-order valence-electron chi connectivity index (χ3n) is 5.29. The Bertz CT molecular complexity index is 949. The lowest BCUT2D eigenvalue weighted by Crippen LogP contribution is -2.36. The molecule has 1 fully saturated rings. The van der Waals surface area contributed by atoms with Crippen molar-refractivity contribution in [1.29, 1.82) is 0 Å². The molecule has 3 aromatic rings. The number of amides is 1. The summed E-state index contributed by atoms with van der Waals surface area (Å²) in [6, 6.07) is 16.6. The maximum Gasteiger partial charge on any atom is 0.223 e. The van der Waals surface area contributed by atoms with Crippen LogP contribution in [-0.4, -0.2) is 26.6 Å². The van der Waals surface area contributed by atoms with Crippen molar-refractivity contribution < 1.29 is 9.18 Å². The van der Waals surface area contributed by atoms with Crippen LogP contribution in [0.1, 0.15) is 43.4 Å². The van der Waals surface area contributed by atoms with Crippen LogP contribution in [0.4, 0.5) is 4.39 Å². The van der Waals surface area contributed by atoms with E-state index < -0.39 is 0 Å². The van der Waals surface area contributed by atoms with E-state index >= 15 is 0 Å². The highest BCUT2D eigenvalue weighted by Crippen LogP contribution is 2.35. The molecule has 0 aliphatic heterocycles. The zero-order chi connectivity index (χ0) is 19.5. The van der Waals surface area contributed by atoms with Gasteiger partial charge in [-0.1, -0.05) is 36.4 Å². The molecule has 4 nitrogen and oxygen atoms in total. The summed E-state index contributed by atoms with van der Waals surface area (Å²) in [5.74, 6) is -0.177. The summed E-state index contributed by atoms with van der Waals surface area (Å²) in [6.45, 7) is 1.92. The van der Waals surface area contributed by atoms with Gasteiger partial charge in [-0.05, 0) is 49.9 Å². The molecule has 1 aromatic heterocycles. The first-order valence-corrected chi connectivity index (χ1v) is 9.78. The highest BCUT2D eigenvalue weighted by molar-refractivity contribution is 5.77. The Morgan fingerprint density at radius 1 is 1.18 bits per heavy atom. The molecule has 0 saturated heterocycles. The van der Waals surface area contributed by atoms with Crippen LogP contribution in [0.15, 0.2) is 67.0 Å². The van der Waals surface area contributed by atoms with Gasteiger partial charge in [-0.15, -0.1) is 0 Å². The van der Waals surface area contributed by atoms with Crippen LogP contribution in [0.5, 0.6) is 0 Å². The molecule has 1 unspecified atom stereocenters. The summed E-state index contributed by atoms with van der Waals surface area (Å²) in [4.78, 5) is 14.9. The molecule has 1 amide bonds. The topological polar surface area (TPSA) is 38.1 Å². The number of hydrogen-bond donors (Lipinski definition) is 0. The van der Waals surface area contributed by atoms with Crippen LogP contribution in [0.3, 0.4) is 0 Å². The summed E-state index contributed by atoms with van der Waals surface area (Å²) >= 11 is 0. The predicted octanol–water partition coefficient (Wildman–Crippen LogP) is 4.70. The van der Waals surface area contributed by atoms with Crippen LogP contribution >= 0.6 is 0 Å². The van der Waals surface area contributed by atoms with E-state index in [0.717, 1.165) is 24.1 Å². The van der Waals surface area contributed by atoms with Crippen molar-refractivity contribution in [2.24, 2.45) is 0 Å². The van der Waals surface area contributed by atoms with Gasteiger partial charge in [-0.25, -0.2) is 9.07 Å². The first-order valence-electron chi connectivity index (χ1n) is 9.78. The Labute approximate surface area is 164 Å². The summed E-state index contributed by atoms with van der Waals surface area (Å²) in [7, 11) is 0. The van der Waals surface area contributed by atoms with Gasteiger partial charge in [0.15, 0.2) is 0 Å². The number of carbonyl (C=O) groups is 1. The fraction of sp³-hybridized carbons (Fsp3) is 0.304. The van der Waals surface area contributed by atoms with Crippen LogP contribution in [0.2, 0.25) is 0 Å². The van der Waals surface area contributed by atoms with E-state index in [2.05, 4.69) is 5.10 Å². The van der Waals surface area contributed by atoms with Gasteiger partial charge in [0.25, 0.3) is 0 Å². The quantitative estimate of drug-likeness (QED) is 0.599.